The summed E-state index contributed by atoms with van der Waals surface area (Å²) in [7, 11) is 1.29. The largest absolute Gasteiger partial charge is 0.465 e. The number of amides is 1. The first kappa shape index (κ1) is 21.2. The highest BCUT2D eigenvalue weighted by Crippen LogP contribution is 2.22. The molecule has 9 nitrogen and oxygen atoms in total. The summed E-state index contributed by atoms with van der Waals surface area (Å²) >= 11 is 0. The summed E-state index contributed by atoms with van der Waals surface area (Å²) in [5.74, 6) is -1.01. The van der Waals surface area contributed by atoms with Crippen molar-refractivity contribution in [2.24, 2.45) is 0 Å². The molecule has 1 aromatic heterocycles. The first-order valence-corrected chi connectivity index (χ1v) is 9.68. The van der Waals surface area contributed by atoms with Gasteiger partial charge in [0.05, 0.1) is 12.7 Å². The van der Waals surface area contributed by atoms with Gasteiger partial charge in [-0.05, 0) is 49.9 Å². The van der Waals surface area contributed by atoms with Gasteiger partial charge in [0.15, 0.2) is 6.61 Å². The molecule has 0 aliphatic carbocycles. The Labute approximate surface area is 174 Å². The Kier molecular flexibility index (Phi) is 6.95. The maximum absolute atomic E-state index is 12.6. The number of aryl methyl sites for hydroxylation is 1. The van der Waals surface area contributed by atoms with Gasteiger partial charge in [-0.2, -0.15) is 0 Å². The molecule has 0 bridgehead atoms. The molecule has 1 unspecified atom stereocenters. The Balaban J connectivity index is 1.60. The van der Waals surface area contributed by atoms with E-state index >= 15 is 0 Å². The minimum Gasteiger partial charge on any atom is -0.465 e. The number of carbonyl (C=O) groups excluding carboxylic acids is 3. The van der Waals surface area contributed by atoms with Gasteiger partial charge in [0.2, 0.25) is 5.95 Å². The van der Waals surface area contributed by atoms with Crippen LogP contribution in [0.4, 0.5) is 11.6 Å². The summed E-state index contributed by atoms with van der Waals surface area (Å²) in [4.78, 5) is 46.9. The summed E-state index contributed by atoms with van der Waals surface area (Å²) in [6, 6.07) is 6.02. The fraction of sp³-hybridized carbons (Fsp3) is 0.381. The number of aromatic nitrogens is 2. The van der Waals surface area contributed by atoms with E-state index in [1.807, 2.05) is 4.90 Å². The van der Waals surface area contributed by atoms with Gasteiger partial charge < -0.3 is 19.7 Å². The molecule has 0 radical (unpaired) electrons. The van der Waals surface area contributed by atoms with Crippen LogP contribution in [-0.4, -0.2) is 54.1 Å². The Morgan fingerprint density at radius 1 is 1.20 bits per heavy atom. The van der Waals surface area contributed by atoms with Crippen molar-refractivity contribution >= 4 is 29.5 Å². The van der Waals surface area contributed by atoms with Crippen LogP contribution in [0.5, 0.6) is 0 Å². The maximum atomic E-state index is 12.6. The predicted molar refractivity (Wildman–Crippen MR) is 109 cm³/mol. The number of esters is 2. The van der Waals surface area contributed by atoms with E-state index in [1.54, 1.807) is 37.5 Å². The molecule has 0 saturated carbocycles. The van der Waals surface area contributed by atoms with Gasteiger partial charge in [-0.1, -0.05) is 6.07 Å². The van der Waals surface area contributed by atoms with E-state index in [0.29, 0.717) is 30.2 Å². The van der Waals surface area contributed by atoms with Gasteiger partial charge in [0.25, 0.3) is 5.91 Å². The zero-order valence-electron chi connectivity index (χ0n) is 17.0. The molecule has 0 spiro atoms. The average molecular weight is 412 g/mol. The number of hydrogen-bond acceptors (Lipinski definition) is 8. The molecule has 9 heteroatoms. The van der Waals surface area contributed by atoms with Gasteiger partial charge in [0, 0.05) is 24.6 Å². The summed E-state index contributed by atoms with van der Waals surface area (Å²) in [6.07, 6.45) is 5.67. The Bertz CT molecular complexity index is 919. The van der Waals surface area contributed by atoms with Crippen molar-refractivity contribution in [3.8, 4) is 0 Å². The van der Waals surface area contributed by atoms with Crippen LogP contribution in [0.3, 0.4) is 0 Å². The molecular weight excluding hydrogens is 388 g/mol. The highest BCUT2D eigenvalue weighted by atomic mass is 16.5. The fourth-order valence-corrected chi connectivity index (χ4v) is 3.28. The first-order chi connectivity index (χ1) is 14.5. The van der Waals surface area contributed by atoms with Crippen LogP contribution in [-0.2, 0) is 19.1 Å². The zero-order chi connectivity index (χ0) is 21.5. The van der Waals surface area contributed by atoms with Crippen molar-refractivity contribution in [3.63, 3.8) is 0 Å². The molecule has 1 saturated heterocycles. The molecule has 3 rings (SSSR count). The maximum Gasteiger partial charge on any atom is 0.337 e. The van der Waals surface area contributed by atoms with Crippen LogP contribution < -0.4 is 10.2 Å². The Morgan fingerprint density at radius 2 is 1.97 bits per heavy atom. The second-order valence-electron chi connectivity index (χ2n) is 6.93. The van der Waals surface area contributed by atoms with E-state index in [2.05, 4.69) is 15.3 Å². The van der Waals surface area contributed by atoms with E-state index in [4.69, 9.17) is 9.47 Å². The molecule has 30 heavy (non-hydrogen) atoms. The van der Waals surface area contributed by atoms with Crippen molar-refractivity contribution in [2.45, 2.75) is 32.2 Å². The third-order valence-corrected chi connectivity index (χ3v) is 4.86. The lowest BCUT2D eigenvalue weighted by atomic mass is 10.0. The number of benzene rings is 1. The van der Waals surface area contributed by atoms with Crippen LogP contribution in [0, 0.1) is 6.92 Å². The van der Waals surface area contributed by atoms with Crippen LogP contribution in [0.25, 0.3) is 0 Å². The summed E-state index contributed by atoms with van der Waals surface area (Å²) in [6.45, 7) is 2.01. The zero-order valence-corrected chi connectivity index (χ0v) is 17.0. The number of hydrogen-bond donors (Lipinski definition) is 1. The highest BCUT2D eigenvalue weighted by Gasteiger charge is 2.32. The molecule has 2 aromatic rings. The molecule has 1 fully saturated rings. The number of rotatable bonds is 6. The Morgan fingerprint density at radius 3 is 2.70 bits per heavy atom. The summed E-state index contributed by atoms with van der Waals surface area (Å²) in [5, 5.41) is 2.67. The van der Waals surface area contributed by atoms with Gasteiger partial charge >= 0.3 is 11.9 Å². The molecule has 1 amide bonds. The quantitative estimate of drug-likeness (QED) is 0.718. The molecule has 1 aliphatic rings. The number of piperidine rings is 1. The fourth-order valence-electron chi connectivity index (χ4n) is 3.28. The summed E-state index contributed by atoms with van der Waals surface area (Å²) < 4.78 is 9.96. The van der Waals surface area contributed by atoms with Gasteiger partial charge in [-0.15, -0.1) is 0 Å². The second-order valence-corrected chi connectivity index (χ2v) is 6.93. The number of nitrogens with zero attached hydrogens (tertiary/aromatic N) is 3. The average Bonchev–Trinajstić information content (AvgIpc) is 2.79. The smallest absolute Gasteiger partial charge is 0.337 e. The van der Waals surface area contributed by atoms with Gasteiger partial charge in [-0.25, -0.2) is 19.6 Å². The second kappa shape index (κ2) is 9.82. The van der Waals surface area contributed by atoms with Crippen LogP contribution >= 0.6 is 0 Å². The van der Waals surface area contributed by atoms with E-state index < -0.39 is 30.5 Å². The van der Waals surface area contributed by atoms with Crippen molar-refractivity contribution in [1.29, 1.82) is 0 Å². The molecule has 1 aromatic carbocycles. The Hall–Kier alpha value is -3.49. The highest BCUT2D eigenvalue weighted by molar-refractivity contribution is 5.96. The third-order valence-electron chi connectivity index (χ3n) is 4.86. The molecule has 158 valence electrons. The van der Waals surface area contributed by atoms with E-state index in [9.17, 15) is 14.4 Å². The molecule has 1 atom stereocenters. The number of anilines is 2. The predicted octanol–water partition coefficient (Wildman–Crippen LogP) is 2.11. The van der Waals surface area contributed by atoms with Crippen molar-refractivity contribution in [1.82, 2.24) is 9.97 Å². The van der Waals surface area contributed by atoms with E-state index in [0.717, 1.165) is 18.4 Å². The standard InChI is InChI=1S/C21H24N4O5/c1-14-7-8-15(19(27)29-2)12-16(14)24-18(26)13-30-20(28)17-6-3-4-11-25(17)21-22-9-5-10-23-21/h5,7-10,12,17H,3-4,6,11,13H2,1-2H3,(H,24,26). The minimum atomic E-state index is -0.529. The van der Waals surface area contributed by atoms with E-state index in [-0.39, 0.29) is 0 Å². The number of methoxy groups -OCH3 is 1. The number of nitrogens with one attached hydrogen (secondary N) is 1. The van der Waals surface area contributed by atoms with Crippen molar-refractivity contribution in [3.05, 3.63) is 47.8 Å². The monoisotopic (exact) mass is 412 g/mol. The lowest BCUT2D eigenvalue weighted by Crippen LogP contribution is -2.47. The summed E-state index contributed by atoms with van der Waals surface area (Å²) in [5.41, 5.74) is 1.54. The van der Waals surface area contributed by atoms with Gasteiger partial charge in [-0.3, -0.25) is 4.79 Å². The molecular formula is C21H24N4O5. The van der Waals surface area contributed by atoms with Crippen LogP contribution in [0.2, 0.25) is 0 Å². The van der Waals surface area contributed by atoms with Gasteiger partial charge in [0.1, 0.15) is 6.04 Å². The lowest BCUT2D eigenvalue weighted by molar-refractivity contribution is -0.149. The molecule has 1 aliphatic heterocycles. The van der Waals surface area contributed by atoms with Crippen molar-refractivity contribution in [2.75, 3.05) is 30.5 Å². The number of ether oxygens (including phenoxy) is 2. The first-order valence-electron chi connectivity index (χ1n) is 9.68. The lowest BCUT2D eigenvalue weighted by Gasteiger charge is -2.33. The van der Waals surface area contributed by atoms with E-state index in [1.165, 1.54) is 13.2 Å². The number of carbonyl (C=O) groups is 3. The third kappa shape index (κ3) is 5.11. The molecule has 2 heterocycles. The SMILES string of the molecule is COC(=O)c1ccc(C)c(NC(=O)COC(=O)C2CCCCN2c2ncccn2)c1. The van der Waals surface area contributed by atoms with Crippen LogP contribution in [0.1, 0.15) is 35.2 Å². The van der Waals surface area contributed by atoms with Crippen LogP contribution in [0.15, 0.2) is 36.7 Å². The molecule has 1 N–H and O–H groups in total. The van der Waals surface area contributed by atoms with Crippen molar-refractivity contribution < 1.29 is 23.9 Å². The topological polar surface area (TPSA) is 111 Å². The minimum absolute atomic E-state index is 0.316. The normalized spacial score (nSPS) is 15.9.